The standard InChI is InChI=1S/C13H12FNO3/c14-9-5-8(7-15)12-10(6-9)11(16)1-2-13(12)17-3-4-18-13/h5-6,11,16H,1-4H2/t11-/m1/s1. The molecule has 1 aliphatic heterocycles. The zero-order valence-corrected chi connectivity index (χ0v) is 9.65. The SMILES string of the molecule is N#Cc1cc(F)cc2c1C1(CC[C@H]2O)OCCO1. The fraction of sp³-hybridized carbons (Fsp3) is 0.462. The Balaban J connectivity index is 2.25. The number of hydrogen-bond donors (Lipinski definition) is 1. The molecule has 0 saturated carbocycles. The third-order valence-electron chi connectivity index (χ3n) is 3.49. The number of aliphatic hydroxyl groups excluding tert-OH is 1. The molecular weight excluding hydrogens is 237 g/mol. The van der Waals surface area contributed by atoms with Crippen LogP contribution >= 0.6 is 0 Å². The molecule has 0 unspecified atom stereocenters. The van der Waals surface area contributed by atoms with E-state index in [0.29, 0.717) is 37.2 Å². The number of aliphatic hydroxyl groups is 1. The Morgan fingerprint density at radius 2 is 2.11 bits per heavy atom. The minimum Gasteiger partial charge on any atom is -0.388 e. The van der Waals surface area contributed by atoms with Gasteiger partial charge in [-0.1, -0.05) is 0 Å². The van der Waals surface area contributed by atoms with Crippen molar-refractivity contribution in [3.8, 4) is 6.07 Å². The first kappa shape index (κ1) is 11.6. The lowest BCUT2D eigenvalue weighted by molar-refractivity contribution is -0.182. The van der Waals surface area contributed by atoms with Crippen molar-refractivity contribution in [2.45, 2.75) is 24.7 Å². The fourth-order valence-electron chi connectivity index (χ4n) is 2.75. The first-order valence-electron chi connectivity index (χ1n) is 5.86. The molecule has 5 heteroatoms. The molecule has 0 aromatic heterocycles. The van der Waals surface area contributed by atoms with Crippen LogP contribution in [0.15, 0.2) is 12.1 Å². The summed E-state index contributed by atoms with van der Waals surface area (Å²) in [6, 6.07) is 4.37. The normalized spacial score (nSPS) is 24.8. The van der Waals surface area contributed by atoms with Crippen molar-refractivity contribution in [3.05, 3.63) is 34.6 Å². The molecule has 1 aromatic rings. The van der Waals surface area contributed by atoms with E-state index in [0.717, 1.165) is 6.07 Å². The van der Waals surface area contributed by atoms with Crippen molar-refractivity contribution in [1.82, 2.24) is 0 Å². The predicted octanol–water partition coefficient (Wildman–Crippen LogP) is 1.72. The average Bonchev–Trinajstić information content (AvgIpc) is 2.83. The summed E-state index contributed by atoms with van der Waals surface area (Å²) in [4.78, 5) is 0. The van der Waals surface area contributed by atoms with E-state index in [4.69, 9.17) is 14.7 Å². The Kier molecular flexibility index (Phi) is 2.59. The number of hydrogen-bond acceptors (Lipinski definition) is 4. The summed E-state index contributed by atoms with van der Waals surface area (Å²) >= 11 is 0. The Bertz CT molecular complexity index is 532. The van der Waals surface area contributed by atoms with Crippen LogP contribution in [0.4, 0.5) is 4.39 Å². The smallest absolute Gasteiger partial charge is 0.196 e. The maximum absolute atomic E-state index is 13.4. The van der Waals surface area contributed by atoms with E-state index >= 15 is 0 Å². The summed E-state index contributed by atoms with van der Waals surface area (Å²) in [5.41, 5.74) is 1.06. The number of benzene rings is 1. The molecular formula is C13H12FNO3. The van der Waals surface area contributed by atoms with Crippen LogP contribution in [0.25, 0.3) is 0 Å². The van der Waals surface area contributed by atoms with E-state index in [-0.39, 0.29) is 5.56 Å². The molecule has 1 fully saturated rings. The van der Waals surface area contributed by atoms with Crippen LogP contribution in [0.1, 0.15) is 35.6 Å². The van der Waals surface area contributed by atoms with Gasteiger partial charge in [-0.25, -0.2) is 4.39 Å². The lowest BCUT2D eigenvalue weighted by atomic mass is 9.82. The molecule has 1 atom stereocenters. The van der Waals surface area contributed by atoms with Gasteiger partial charge in [-0.2, -0.15) is 5.26 Å². The number of rotatable bonds is 0. The van der Waals surface area contributed by atoms with Gasteiger partial charge in [0.15, 0.2) is 5.79 Å². The third-order valence-corrected chi connectivity index (χ3v) is 3.49. The summed E-state index contributed by atoms with van der Waals surface area (Å²) in [5.74, 6) is -1.51. The molecule has 0 amide bonds. The predicted molar refractivity (Wildman–Crippen MR) is 58.9 cm³/mol. The van der Waals surface area contributed by atoms with Gasteiger partial charge < -0.3 is 14.6 Å². The minimum absolute atomic E-state index is 0.172. The highest BCUT2D eigenvalue weighted by atomic mass is 19.1. The second kappa shape index (κ2) is 4.02. The molecule has 1 aliphatic carbocycles. The van der Waals surface area contributed by atoms with Crippen LogP contribution in [0.2, 0.25) is 0 Å². The summed E-state index contributed by atoms with van der Waals surface area (Å²) in [6.45, 7) is 0.884. The molecule has 0 bridgehead atoms. The summed E-state index contributed by atoms with van der Waals surface area (Å²) in [6.07, 6.45) is 0.129. The number of fused-ring (bicyclic) bond motifs is 2. The van der Waals surface area contributed by atoms with Crippen molar-refractivity contribution >= 4 is 0 Å². The highest BCUT2D eigenvalue weighted by Gasteiger charge is 2.46. The molecule has 1 spiro atoms. The molecule has 1 aromatic carbocycles. The van der Waals surface area contributed by atoms with Gasteiger partial charge in [0.1, 0.15) is 5.82 Å². The quantitative estimate of drug-likeness (QED) is 0.760. The second-order valence-electron chi connectivity index (χ2n) is 4.53. The zero-order valence-electron chi connectivity index (χ0n) is 9.65. The maximum Gasteiger partial charge on any atom is 0.196 e. The van der Waals surface area contributed by atoms with E-state index < -0.39 is 17.7 Å². The lowest BCUT2D eigenvalue weighted by Gasteiger charge is -2.36. The van der Waals surface area contributed by atoms with Crippen LogP contribution in [0, 0.1) is 17.1 Å². The van der Waals surface area contributed by atoms with Crippen molar-refractivity contribution < 1.29 is 19.0 Å². The molecule has 0 radical (unpaired) electrons. The van der Waals surface area contributed by atoms with E-state index in [2.05, 4.69) is 0 Å². The van der Waals surface area contributed by atoms with Crippen LogP contribution < -0.4 is 0 Å². The van der Waals surface area contributed by atoms with Crippen molar-refractivity contribution in [2.75, 3.05) is 13.2 Å². The Morgan fingerprint density at radius 1 is 1.39 bits per heavy atom. The molecule has 1 N–H and O–H groups in total. The van der Waals surface area contributed by atoms with E-state index in [9.17, 15) is 9.50 Å². The Hall–Kier alpha value is -1.48. The summed E-state index contributed by atoms with van der Waals surface area (Å²) in [5, 5.41) is 19.1. The van der Waals surface area contributed by atoms with E-state index in [1.807, 2.05) is 6.07 Å². The fourth-order valence-corrected chi connectivity index (χ4v) is 2.75. The zero-order chi connectivity index (χ0) is 12.8. The first-order chi connectivity index (χ1) is 8.66. The van der Waals surface area contributed by atoms with Gasteiger partial charge in [-0.3, -0.25) is 0 Å². The van der Waals surface area contributed by atoms with Crippen LogP contribution in [0.5, 0.6) is 0 Å². The topological polar surface area (TPSA) is 62.5 Å². The van der Waals surface area contributed by atoms with Gasteiger partial charge in [0.25, 0.3) is 0 Å². The van der Waals surface area contributed by atoms with Crippen molar-refractivity contribution in [1.29, 1.82) is 5.26 Å². The second-order valence-corrected chi connectivity index (χ2v) is 4.53. The summed E-state index contributed by atoms with van der Waals surface area (Å²) in [7, 11) is 0. The van der Waals surface area contributed by atoms with E-state index in [1.165, 1.54) is 6.07 Å². The number of ether oxygens (including phenoxy) is 2. The monoisotopic (exact) mass is 249 g/mol. The highest BCUT2D eigenvalue weighted by Crippen LogP contribution is 2.47. The molecule has 1 saturated heterocycles. The molecule has 4 nitrogen and oxygen atoms in total. The number of nitrogens with zero attached hydrogens (tertiary/aromatic N) is 1. The maximum atomic E-state index is 13.4. The van der Waals surface area contributed by atoms with Gasteiger partial charge in [0, 0.05) is 12.0 Å². The molecule has 2 aliphatic rings. The highest BCUT2D eigenvalue weighted by molar-refractivity contribution is 5.48. The first-order valence-corrected chi connectivity index (χ1v) is 5.86. The van der Waals surface area contributed by atoms with Crippen molar-refractivity contribution in [3.63, 3.8) is 0 Å². The van der Waals surface area contributed by atoms with Crippen LogP contribution in [-0.2, 0) is 15.3 Å². The molecule has 3 rings (SSSR count). The van der Waals surface area contributed by atoms with Crippen LogP contribution in [-0.4, -0.2) is 18.3 Å². The molecule has 1 heterocycles. The average molecular weight is 249 g/mol. The van der Waals surface area contributed by atoms with Gasteiger partial charge in [0.2, 0.25) is 0 Å². The molecule has 94 valence electrons. The molecule has 18 heavy (non-hydrogen) atoms. The van der Waals surface area contributed by atoms with Gasteiger partial charge in [0.05, 0.1) is 31.0 Å². The van der Waals surface area contributed by atoms with Crippen molar-refractivity contribution in [2.24, 2.45) is 0 Å². The number of nitriles is 1. The van der Waals surface area contributed by atoms with Gasteiger partial charge in [-0.05, 0) is 24.1 Å². The minimum atomic E-state index is -0.979. The Labute approximate surface area is 104 Å². The Morgan fingerprint density at radius 3 is 2.78 bits per heavy atom. The van der Waals surface area contributed by atoms with Crippen LogP contribution in [0.3, 0.4) is 0 Å². The van der Waals surface area contributed by atoms with E-state index in [1.54, 1.807) is 0 Å². The lowest BCUT2D eigenvalue weighted by Crippen LogP contribution is -2.34. The third kappa shape index (κ3) is 1.54. The van der Waals surface area contributed by atoms with Gasteiger partial charge >= 0.3 is 0 Å². The van der Waals surface area contributed by atoms with Gasteiger partial charge in [-0.15, -0.1) is 0 Å². The largest absolute Gasteiger partial charge is 0.388 e. The summed E-state index contributed by atoms with van der Waals surface area (Å²) < 4.78 is 24.7. The number of halogens is 1.